The molecule has 0 radical (unpaired) electrons. The molecule has 4 heterocycles. The summed E-state index contributed by atoms with van der Waals surface area (Å²) in [4.78, 5) is 26.1. The Labute approximate surface area is 195 Å². The number of nitrogens with two attached hydrogens (primary N) is 1. The molecule has 0 unspecified atom stereocenters. The van der Waals surface area contributed by atoms with E-state index in [4.69, 9.17) is 15.0 Å². The summed E-state index contributed by atoms with van der Waals surface area (Å²) in [5, 5.41) is 15.4. The topological polar surface area (TPSA) is 125 Å². The third kappa shape index (κ3) is 4.56. The molecule has 4 rings (SSSR count). The first-order chi connectivity index (χ1) is 15.5. The molecule has 166 valence electrons. The molecular formula is C20H19N5O4S3. The van der Waals surface area contributed by atoms with E-state index in [1.54, 1.807) is 18.4 Å². The number of nitrogens with zero attached hydrogens (tertiary/aromatic N) is 3. The van der Waals surface area contributed by atoms with E-state index >= 15 is 0 Å². The van der Waals surface area contributed by atoms with E-state index in [1.807, 2.05) is 30.5 Å². The van der Waals surface area contributed by atoms with Crippen LogP contribution in [0.2, 0.25) is 0 Å². The third-order valence-corrected chi connectivity index (χ3v) is 6.97. The third-order valence-electron chi connectivity index (χ3n) is 4.27. The Morgan fingerprint density at radius 3 is 2.81 bits per heavy atom. The Bertz CT molecular complexity index is 1240. The molecule has 0 aliphatic carbocycles. The van der Waals surface area contributed by atoms with Gasteiger partial charge in [-0.2, -0.15) is 0 Å². The molecule has 0 spiro atoms. The maximum atomic E-state index is 12.6. The van der Waals surface area contributed by atoms with Crippen LogP contribution in [0.25, 0.3) is 22.0 Å². The van der Waals surface area contributed by atoms with E-state index in [1.165, 1.54) is 27.3 Å². The Hall–Kier alpha value is -3.09. The minimum Gasteiger partial charge on any atom is -0.462 e. The van der Waals surface area contributed by atoms with E-state index in [9.17, 15) is 9.59 Å². The number of ether oxygens (including phenoxy) is 1. The predicted octanol–water partition coefficient (Wildman–Crippen LogP) is 4.26. The lowest BCUT2D eigenvalue weighted by molar-refractivity contribution is -0.113. The molecule has 0 aliphatic rings. The van der Waals surface area contributed by atoms with Crippen molar-refractivity contribution in [2.24, 2.45) is 0 Å². The first kappa shape index (κ1) is 22.1. The highest BCUT2D eigenvalue weighted by atomic mass is 32.2. The van der Waals surface area contributed by atoms with Gasteiger partial charge in [0, 0.05) is 10.9 Å². The second kappa shape index (κ2) is 9.59. The molecule has 4 aromatic rings. The van der Waals surface area contributed by atoms with E-state index in [0.29, 0.717) is 27.3 Å². The van der Waals surface area contributed by atoms with Gasteiger partial charge in [0.1, 0.15) is 22.1 Å². The van der Waals surface area contributed by atoms with Gasteiger partial charge >= 0.3 is 5.97 Å². The van der Waals surface area contributed by atoms with Crippen molar-refractivity contribution >= 4 is 51.3 Å². The number of nitrogen functional groups attached to an aromatic ring is 1. The van der Waals surface area contributed by atoms with Crippen molar-refractivity contribution in [1.29, 1.82) is 0 Å². The van der Waals surface area contributed by atoms with Crippen molar-refractivity contribution in [3.8, 4) is 22.0 Å². The van der Waals surface area contributed by atoms with Crippen molar-refractivity contribution < 1.29 is 18.7 Å². The van der Waals surface area contributed by atoms with Crippen molar-refractivity contribution in [2.45, 2.75) is 19.0 Å². The monoisotopic (exact) mass is 489 g/mol. The minimum absolute atomic E-state index is 0.0368. The zero-order valence-corrected chi connectivity index (χ0v) is 19.6. The number of hydrogen-bond donors (Lipinski definition) is 2. The number of thioether (sulfide) groups is 1. The summed E-state index contributed by atoms with van der Waals surface area (Å²) < 4.78 is 12.2. The van der Waals surface area contributed by atoms with Crippen LogP contribution in [0.5, 0.6) is 0 Å². The molecule has 3 N–H and O–H groups in total. The molecule has 9 nitrogen and oxygen atoms in total. The number of carbonyl (C=O) groups is 2. The molecule has 0 saturated heterocycles. The fraction of sp³-hybridized carbons (Fsp3) is 0.200. The Morgan fingerprint density at radius 2 is 2.12 bits per heavy atom. The maximum Gasteiger partial charge on any atom is 0.341 e. The molecule has 12 heteroatoms. The van der Waals surface area contributed by atoms with Crippen molar-refractivity contribution in [2.75, 3.05) is 23.5 Å². The standard InChI is InChI=1S/C20H19N5O4S3/c1-3-28-19(27)16-12(13-7-6-11(2)29-13)9-31-18(16)22-15(26)10-32-20-24-23-17(25(20)21)14-5-4-8-30-14/h4-9H,3,10,21H2,1-2H3,(H,22,26). The number of thiophene rings is 2. The number of hydrogen-bond acceptors (Lipinski definition) is 10. The number of rotatable bonds is 8. The number of nitrogens with one attached hydrogen (secondary N) is 1. The molecule has 0 aromatic carbocycles. The number of furan rings is 1. The van der Waals surface area contributed by atoms with Crippen LogP contribution in [0, 0.1) is 6.92 Å². The molecule has 0 aliphatic heterocycles. The summed E-state index contributed by atoms with van der Waals surface area (Å²) in [5.74, 6) is 7.06. The van der Waals surface area contributed by atoms with Crippen LogP contribution < -0.4 is 11.2 Å². The smallest absolute Gasteiger partial charge is 0.341 e. The molecule has 1 amide bonds. The summed E-state index contributed by atoms with van der Waals surface area (Å²) in [6, 6.07) is 7.38. The minimum atomic E-state index is -0.525. The summed E-state index contributed by atoms with van der Waals surface area (Å²) >= 11 is 3.88. The van der Waals surface area contributed by atoms with Crippen LogP contribution in [0.3, 0.4) is 0 Å². The van der Waals surface area contributed by atoms with Gasteiger partial charge in [-0.3, -0.25) is 4.79 Å². The van der Waals surface area contributed by atoms with Gasteiger partial charge < -0.3 is 20.3 Å². The Balaban J connectivity index is 1.49. The van der Waals surface area contributed by atoms with Crippen molar-refractivity contribution in [1.82, 2.24) is 14.9 Å². The second-order valence-corrected chi connectivity index (χ2v) is 9.24. The van der Waals surface area contributed by atoms with Gasteiger partial charge in [0.05, 0.1) is 17.2 Å². The maximum absolute atomic E-state index is 12.6. The van der Waals surface area contributed by atoms with Gasteiger partial charge in [0.15, 0.2) is 5.82 Å². The second-order valence-electron chi connectivity index (χ2n) is 6.47. The summed E-state index contributed by atoms with van der Waals surface area (Å²) in [5.41, 5.74) is 0.846. The average Bonchev–Trinajstić information content (AvgIpc) is 3.54. The van der Waals surface area contributed by atoms with Gasteiger partial charge in [-0.1, -0.05) is 17.8 Å². The average molecular weight is 490 g/mol. The largest absolute Gasteiger partial charge is 0.462 e. The Kier molecular flexibility index (Phi) is 6.63. The lowest BCUT2D eigenvalue weighted by Gasteiger charge is -2.08. The highest BCUT2D eigenvalue weighted by molar-refractivity contribution is 7.99. The quantitative estimate of drug-likeness (QED) is 0.214. The SMILES string of the molecule is CCOC(=O)c1c(-c2ccc(C)o2)csc1NC(=O)CSc1nnc(-c2cccs2)n1N. The first-order valence-corrected chi connectivity index (χ1v) is 12.2. The van der Waals surface area contributed by atoms with Crippen LogP contribution in [0.1, 0.15) is 23.0 Å². The molecule has 32 heavy (non-hydrogen) atoms. The molecule has 4 aromatic heterocycles. The number of aromatic nitrogens is 3. The normalized spacial score (nSPS) is 10.9. The Morgan fingerprint density at radius 1 is 1.28 bits per heavy atom. The van der Waals surface area contributed by atoms with Crippen molar-refractivity contribution in [3.05, 3.63) is 46.3 Å². The zero-order chi connectivity index (χ0) is 22.7. The first-order valence-electron chi connectivity index (χ1n) is 9.50. The summed E-state index contributed by atoms with van der Waals surface area (Å²) in [6.07, 6.45) is 0. The van der Waals surface area contributed by atoms with E-state index in [-0.39, 0.29) is 23.8 Å². The fourth-order valence-electron chi connectivity index (χ4n) is 2.86. The number of carbonyl (C=O) groups excluding carboxylic acids is 2. The number of anilines is 1. The molecule has 0 bridgehead atoms. The van der Waals surface area contributed by atoms with Crippen molar-refractivity contribution in [3.63, 3.8) is 0 Å². The van der Waals surface area contributed by atoms with Gasteiger partial charge in [-0.15, -0.1) is 32.9 Å². The molecule has 0 atom stereocenters. The van der Waals surface area contributed by atoms with Gasteiger partial charge in [0.2, 0.25) is 11.1 Å². The number of amides is 1. The highest BCUT2D eigenvalue weighted by Gasteiger charge is 2.24. The van der Waals surface area contributed by atoms with E-state index in [0.717, 1.165) is 22.4 Å². The number of aryl methyl sites for hydroxylation is 1. The van der Waals surface area contributed by atoms with Gasteiger partial charge in [-0.05, 0) is 37.4 Å². The van der Waals surface area contributed by atoms with Gasteiger partial charge in [0.25, 0.3) is 0 Å². The molecule has 0 fully saturated rings. The van der Waals surface area contributed by atoms with E-state index < -0.39 is 5.97 Å². The molecule has 0 saturated carbocycles. The summed E-state index contributed by atoms with van der Waals surface area (Å²) in [7, 11) is 0. The number of esters is 1. The summed E-state index contributed by atoms with van der Waals surface area (Å²) in [6.45, 7) is 3.76. The highest BCUT2D eigenvalue weighted by Crippen LogP contribution is 2.37. The molecular weight excluding hydrogens is 470 g/mol. The van der Waals surface area contributed by atoms with Crippen LogP contribution in [-0.4, -0.2) is 39.1 Å². The van der Waals surface area contributed by atoms with E-state index in [2.05, 4.69) is 15.5 Å². The predicted molar refractivity (Wildman–Crippen MR) is 126 cm³/mol. The van der Waals surface area contributed by atoms with Crippen LogP contribution in [-0.2, 0) is 9.53 Å². The zero-order valence-electron chi connectivity index (χ0n) is 17.2. The van der Waals surface area contributed by atoms with Crippen LogP contribution >= 0.6 is 34.4 Å². The fourth-order valence-corrected chi connectivity index (χ4v) is 5.17. The van der Waals surface area contributed by atoms with Gasteiger partial charge in [-0.25, -0.2) is 9.47 Å². The lowest BCUT2D eigenvalue weighted by Crippen LogP contribution is -2.17. The lowest BCUT2D eigenvalue weighted by atomic mass is 10.1. The van der Waals surface area contributed by atoms with Crippen LogP contribution in [0.15, 0.2) is 44.6 Å². The van der Waals surface area contributed by atoms with Crippen LogP contribution in [0.4, 0.5) is 5.00 Å².